The molecular weight excluding hydrogens is 449 g/mol. The van der Waals surface area contributed by atoms with Crippen molar-refractivity contribution >= 4 is 58.7 Å². The first-order valence-electron chi connectivity index (χ1n) is 8.48. The van der Waals surface area contributed by atoms with Gasteiger partial charge in [0.15, 0.2) is 0 Å². The number of nitrogens with one attached hydrogen (secondary N) is 2. The van der Waals surface area contributed by atoms with Crippen LogP contribution >= 0.6 is 35.0 Å². The van der Waals surface area contributed by atoms with Crippen LogP contribution in [-0.4, -0.2) is 39.9 Å². The third-order valence-electron chi connectivity index (χ3n) is 3.71. The Morgan fingerprint density at radius 2 is 2.10 bits per heavy atom. The number of nitrogens with two attached hydrogens (primary N) is 1. The quantitative estimate of drug-likeness (QED) is 0.201. The van der Waals surface area contributed by atoms with Gasteiger partial charge in [-0.3, -0.25) is 4.79 Å². The van der Waals surface area contributed by atoms with Crippen LogP contribution in [0.3, 0.4) is 0 Å². The van der Waals surface area contributed by atoms with E-state index in [1.54, 1.807) is 24.3 Å². The number of thioether (sulfide) groups is 1. The number of methoxy groups -OCH3 is 1. The molecule has 0 fully saturated rings. The maximum Gasteiger partial charge on any atom is 0.264 e. The number of anilines is 2. The highest BCUT2D eigenvalue weighted by atomic mass is 35.5. The minimum atomic E-state index is -0.283. The molecule has 0 aliphatic heterocycles. The predicted molar refractivity (Wildman–Crippen MR) is 120 cm³/mol. The smallest absolute Gasteiger partial charge is 0.264 e. The third kappa shape index (κ3) is 5.56. The highest BCUT2D eigenvalue weighted by molar-refractivity contribution is 7.99. The number of hydrazone groups is 1. The summed E-state index contributed by atoms with van der Waals surface area (Å²) >= 11 is 13.1. The lowest BCUT2D eigenvalue weighted by atomic mass is 10.2. The van der Waals surface area contributed by atoms with Crippen molar-refractivity contribution in [1.29, 1.82) is 0 Å². The zero-order valence-corrected chi connectivity index (χ0v) is 18.0. The minimum Gasteiger partial charge on any atom is -0.495 e. The highest BCUT2D eigenvalue weighted by Gasteiger charge is 2.13. The van der Waals surface area contributed by atoms with Gasteiger partial charge in [0, 0.05) is 15.6 Å². The van der Waals surface area contributed by atoms with Gasteiger partial charge in [0.1, 0.15) is 5.75 Å². The summed E-state index contributed by atoms with van der Waals surface area (Å²) in [6.45, 7) is 0. The number of aromatic nitrogens is 3. The predicted octanol–water partition coefficient (Wildman–Crippen LogP) is 3.48. The molecule has 1 heterocycles. The van der Waals surface area contributed by atoms with E-state index < -0.39 is 0 Å². The van der Waals surface area contributed by atoms with Gasteiger partial charge in [0.25, 0.3) is 5.95 Å². The Labute approximate surface area is 186 Å². The van der Waals surface area contributed by atoms with E-state index in [2.05, 4.69) is 26.0 Å². The van der Waals surface area contributed by atoms with Crippen LogP contribution in [0, 0.1) is 0 Å². The van der Waals surface area contributed by atoms with Crippen LogP contribution in [0.25, 0.3) is 0 Å². The van der Waals surface area contributed by atoms with Gasteiger partial charge >= 0.3 is 0 Å². The maximum absolute atomic E-state index is 12.3. The molecule has 12 heteroatoms. The normalized spacial score (nSPS) is 10.9. The highest BCUT2D eigenvalue weighted by Crippen LogP contribution is 2.28. The number of hydrogen-bond acceptors (Lipinski definition) is 8. The molecule has 0 spiro atoms. The van der Waals surface area contributed by atoms with Crippen LogP contribution in [0.15, 0.2) is 52.7 Å². The zero-order valence-electron chi connectivity index (χ0n) is 15.7. The Morgan fingerprint density at radius 3 is 2.87 bits per heavy atom. The van der Waals surface area contributed by atoms with Crippen molar-refractivity contribution in [1.82, 2.24) is 14.9 Å². The number of amides is 1. The largest absolute Gasteiger partial charge is 0.495 e. The van der Waals surface area contributed by atoms with Crippen LogP contribution < -0.4 is 21.3 Å². The van der Waals surface area contributed by atoms with Crippen molar-refractivity contribution in [3.8, 4) is 5.75 Å². The Bertz CT molecular complexity index is 1070. The van der Waals surface area contributed by atoms with Gasteiger partial charge in [-0.25, -0.2) is 10.1 Å². The molecule has 0 radical (unpaired) electrons. The van der Waals surface area contributed by atoms with E-state index >= 15 is 0 Å². The molecule has 3 aromatic rings. The molecule has 1 amide bonds. The lowest BCUT2D eigenvalue weighted by Gasteiger charge is -2.10. The molecule has 0 unspecified atom stereocenters. The average Bonchev–Trinajstić information content (AvgIpc) is 3.08. The molecule has 0 aliphatic rings. The van der Waals surface area contributed by atoms with E-state index in [4.69, 9.17) is 33.8 Å². The summed E-state index contributed by atoms with van der Waals surface area (Å²) in [5.74, 6) is 6.43. The Hall–Kier alpha value is -2.95. The van der Waals surface area contributed by atoms with E-state index in [9.17, 15) is 4.79 Å². The number of ether oxygens (including phenoxy) is 1. The van der Waals surface area contributed by atoms with Crippen molar-refractivity contribution in [2.24, 2.45) is 5.10 Å². The molecule has 4 N–H and O–H groups in total. The molecule has 0 saturated carbocycles. The van der Waals surface area contributed by atoms with Crippen molar-refractivity contribution in [2.75, 3.05) is 29.4 Å². The van der Waals surface area contributed by atoms with E-state index in [1.807, 2.05) is 18.2 Å². The van der Waals surface area contributed by atoms with Gasteiger partial charge in [0.05, 0.1) is 24.8 Å². The number of nitrogens with zero attached hydrogens (tertiary/aromatic N) is 4. The van der Waals surface area contributed by atoms with Crippen molar-refractivity contribution in [3.63, 3.8) is 0 Å². The molecule has 156 valence electrons. The molecular formula is C18H17Cl2N7O2S. The van der Waals surface area contributed by atoms with Gasteiger partial charge < -0.3 is 15.9 Å². The lowest BCUT2D eigenvalue weighted by Crippen LogP contribution is -2.17. The SMILES string of the molecule is COc1ccc(Cl)cc1NC(=O)CSc1nnc(N/N=C/c2ccccc2Cl)n1N. The number of carbonyl (C=O) groups is 1. The third-order valence-corrected chi connectivity index (χ3v) is 5.23. The zero-order chi connectivity index (χ0) is 21.5. The minimum absolute atomic E-state index is 0.0495. The molecule has 3 rings (SSSR count). The van der Waals surface area contributed by atoms with Gasteiger partial charge in [-0.15, -0.1) is 10.2 Å². The molecule has 0 aliphatic carbocycles. The topological polar surface area (TPSA) is 119 Å². The van der Waals surface area contributed by atoms with Crippen LogP contribution in [0.4, 0.5) is 11.6 Å². The maximum atomic E-state index is 12.3. The second-order valence-electron chi connectivity index (χ2n) is 5.75. The van der Waals surface area contributed by atoms with Crippen LogP contribution in [0.2, 0.25) is 10.0 Å². The van der Waals surface area contributed by atoms with Crippen molar-refractivity contribution in [2.45, 2.75) is 5.16 Å². The number of hydrogen-bond donors (Lipinski definition) is 3. The molecule has 30 heavy (non-hydrogen) atoms. The van der Waals surface area contributed by atoms with E-state index in [-0.39, 0.29) is 17.6 Å². The summed E-state index contributed by atoms with van der Waals surface area (Å²) in [7, 11) is 1.51. The average molecular weight is 466 g/mol. The molecule has 0 saturated heterocycles. The fourth-order valence-corrected chi connectivity index (χ4v) is 3.30. The number of nitrogen functional groups attached to an aromatic ring is 1. The summed E-state index contributed by atoms with van der Waals surface area (Å²) in [6, 6.07) is 12.2. The van der Waals surface area contributed by atoms with Gasteiger partial charge in [-0.05, 0) is 24.3 Å². The van der Waals surface area contributed by atoms with E-state index in [0.29, 0.717) is 26.6 Å². The monoisotopic (exact) mass is 465 g/mol. The first kappa shape index (κ1) is 21.8. The molecule has 0 bridgehead atoms. The summed E-state index contributed by atoms with van der Waals surface area (Å²) in [5.41, 5.74) is 3.89. The van der Waals surface area contributed by atoms with Crippen LogP contribution in [0.5, 0.6) is 5.75 Å². The summed E-state index contributed by atoms with van der Waals surface area (Å²) < 4.78 is 6.40. The van der Waals surface area contributed by atoms with Gasteiger partial charge in [-0.1, -0.05) is 53.2 Å². The Morgan fingerprint density at radius 1 is 1.30 bits per heavy atom. The van der Waals surface area contributed by atoms with Crippen molar-refractivity contribution < 1.29 is 9.53 Å². The second-order valence-corrected chi connectivity index (χ2v) is 7.54. The molecule has 1 aromatic heterocycles. The van der Waals surface area contributed by atoms with E-state index in [1.165, 1.54) is 18.0 Å². The first-order chi connectivity index (χ1) is 14.5. The fourth-order valence-electron chi connectivity index (χ4n) is 2.29. The summed E-state index contributed by atoms with van der Waals surface area (Å²) in [6.07, 6.45) is 1.54. The van der Waals surface area contributed by atoms with Crippen LogP contribution in [-0.2, 0) is 4.79 Å². The summed E-state index contributed by atoms with van der Waals surface area (Å²) in [5, 5.41) is 16.0. The lowest BCUT2D eigenvalue weighted by molar-refractivity contribution is -0.113. The standard InChI is InChI=1S/C18H17Cl2N7O2S/c1-29-15-7-6-12(19)8-14(15)23-16(28)10-30-18-26-25-17(27(18)21)24-22-9-11-4-2-3-5-13(11)20/h2-9H,10,21H2,1H3,(H,23,28)(H,24,25)/b22-9+. The van der Waals surface area contributed by atoms with Crippen LogP contribution in [0.1, 0.15) is 5.56 Å². The Kier molecular flexibility index (Phi) is 7.39. The summed E-state index contributed by atoms with van der Waals surface area (Å²) in [4.78, 5) is 12.3. The van der Waals surface area contributed by atoms with Gasteiger partial charge in [0.2, 0.25) is 11.1 Å². The Balaban J connectivity index is 1.57. The van der Waals surface area contributed by atoms with E-state index in [0.717, 1.165) is 17.3 Å². The number of rotatable bonds is 8. The molecule has 0 atom stereocenters. The number of benzene rings is 2. The second kappa shape index (κ2) is 10.2. The first-order valence-corrected chi connectivity index (χ1v) is 10.2. The number of halogens is 2. The van der Waals surface area contributed by atoms with Crippen molar-refractivity contribution in [3.05, 3.63) is 58.1 Å². The van der Waals surface area contributed by atoms with Gasteiger partial charge in [-0.2, -0.15) is 5.10 Å². The molecule has 2 aromatic carbocycles. The fraction of sp³-hybridized carbons (Fsp3) is 0.111. The molecule has 9 nitrogen and oxygen atoms in total. The number of carbonyl (C=O) groups excluding carboxylic acids is 1.